The summed E-state index contributed by atoms with van der Waals surface area (Å²) in [6, 6.07) is 18.7. The van der Waals surface area contributed by atoms with E-state index in [4.69, 9.17) is 0 Å². The van der Waals surface area contributed by atoms with E-state index in [1.165, 1.54) is 16.7 Å². The zero-order valence-electron chi connectivity index (χ0n) is 13.2. The maximum absolute atomic E-state index is 4.44. The second kappa shape index (κ2) is 5.72. The van der Waals surface area contributed by atoms with E-state index in [0.717, 1.165) is 11.4 Å². The van der Waals surface area contributed by atoms with E-state index in [1.807, 2.05) is 30.5 Å². The number of hydrogen-bond donors (Lipinski definition) is 0. The van der Waals surface area contributed by atoms with Crippen molar-refractivity contribution < 1.29 is 0 Å². The Hall–Kier alpha value is -2.48. The Morgan fingerprint density at radius 3 is 2.18 bits per heavy atom. The summed E-state index contributed by atoms with van der Waals surface area (Å²) in [5, 5.41) is 0. The molecule has 110 valence electrons. The van der Waals surface area contributed by atoms with Crippen LogP contribution in [-0.2, 0) is 5.41 Å². The normalized spacial score (nSPS) is 11.4. The molecule has 0 radical (unpaired) electrons. The third-order valence-electron chi connectivity index (χ3n) is 3.75. The molecule has 2 heterocycles. The van der Waals surface area contributed by atoms with Crippen LogP contribution in [0.2, 0.25) is 0 Å². The molecule has 3 rings (SSSR count). The van der Waals surface area contributed by atoms with Crippen molar-refractivity contribution in [1.29, 1.82) is 0 Å². The molecule has 0 aliphatic heterocycles. The Bertz CT molecular complexity index is 771. The fraction of sp³-hybridized carbons (Fsp3) is 0.200. The van der Waals surface area contributed by atoms with Crippen molar-refractivity contribution in [2.24, 2.45) is 0 Å². The summed E-state index contributed by atoms with van der Waals surface area (Å²) in [7, 11) is 0. The van der Waals surface area contributed by atoms with Gasteiger partial charge >= 0.3 is 0 Å². The molecule has 2 aromatic heterocycles. The molecule has 0 atom stereocenters. The third-order valence-corrected chi connectivity index (χ3v) is 3.75. The SMILES string of the molecule is CC(C)(C)c1cccc(-c2ccnc(-c3ccccn3)c2)c1. The Morgan fingerprint density at radius 2 is 1.45 bits per heavy atom. The minimum absolute atomic E-state index is 0.146. The van der Waals surface area contributed by atoms with Gasteiger partial charge in [-0.1, -0.05) is 51.1 Å². The van der Waals surface area contributed by atoms with Gasteiger partial charge in [-0.2, -0.15) is 0 Å². The molecule has 3 aromatic rings. The average Bonchev–Trinajstić information content (AvgIpc) is 2.55. The van der Waals surface area contributed by atoms with E-state index in [-0.39, 0.29) is 5.41 Å². The molecule has 0 saturated carbocycles. The smallest absolute Gasteiger partial charge is 0.0892 e. The molecule has 0 saturated heterocycles. The largest absolute Gasteiger partial charge is 0.255 e. The second-order valence-corrected chi connectivity index (χ2v) is 6.48. The summed E-state index contributed by atoms with van der Waals surface area (Å²) in [6.07, 6.45) is 3.65. The average molecular weight is 288 g/mol. The van der Waals surface area contributed by atoms with Crippen LogP contribution in [0.25, 0.3) is 22.5 Å². The number of aromatic nitrogens is 2. The van der Waals surface area contributed by atoms with Crippen molar-refractivity contribution in [2.75, 3.05) is 0 Å². The Kier molecular flexibility index (Phi) is 3.76. The van der Waals surface area contributed by atoms with E-state index in [2.05, 4.69) is 61.1 Å². The maximum Gasteiger partial charge on any atom is 0.0892 e. The van der Waals surface area contributed by atoms with Gasteiger partial charge in [-0.05, 0) is 46.4 Å². The van der Waals surface area contributed by atoms with E-state index < -0.39 is 0 Å². The maximum atomic E-state index is 4.44. The highest BCUT2D eigenvalue weighted by molar-refractivity contribution is 5.69. The Labute approximate surface area is 131 Å². The summed E-state index contributed by atoms with van der Waals surface area (Å²) in [6.45, 7) is 6.70. The fourth-order valence-electron chi connectivity index (χ4n) is 2.43. The number of nitrogens with zero attached hydrogens (tertiary/aromatic N) is 2. The summed E-state index contributed by atoms with van der Waals surface area (Å²) in [5.74, 6) is 0. The molecule has 1 aromatic carbocycles. The molecule has 0 unspecified atom stereocenters. The minimum atomic E-state index is 0.146. The molecule has 0 aliphatic carbocycles. The van der Waals surface area contributed by atoms with Gasteiger partial charge in [0.25, 0.3) is 0 Å². The minimum Gasteiger partial charge on any atom is -0.255 e. The first-order valence-corrected chi connectivity index (χ1v) is 7.52. The van der Waals surface area contributed by atoms with E-state index in [9.17, 15) is 0 Å². The van der Waals surface area contributed by atoms with Crippen molar-refractivity contribution in [1.82, 2.24) is 9.97 Å². The topological polar surface area (TPSA) is 25.8 Å². The summed E-state index contributed by atoms with van der Waals surface area (Å²) in [4.78, 5) is 8.82. The van der Waals surface area contributed by atoms with Gasteiger partial charge in [-0.15, -0.1) is 0 Å². The van der Waals surface area contributed by atoms with E-state index in [0.29, 0.717) is 0 Å². The Morgan fingerprint density at radius 1 is 0.682 bits per heavy atom. The fourth-order valence-corrected chi connectivity index (χ4v) is 2.43. The van der Waals surface area contributed by atoms with Crippen molar-refractivity contribution in [3.05, 3.63) is 72.6 Å². The molecular weight excluding hydrogens is 268 g/mol. The van der Waals surface area contributed by atoms with Crippen LogP contribution in [-0.4, -0.2) is 9.97 Å². The summed E-state index contributed by atoms with van der Waals surface area (Å²) < 4.78 is 0. The molecule has 0 aliphatic rings. The lowest BCUT2D eigenvalue weighted by Crippen LogP contribution is -2.10. The standard InChI is InChI=1S/C20H20N2/c1-20(2,3)17-8-6-7-15(13-17)16-10-12-22-19(14-16)18-9-4-5-11-21-18/h4-14H,1-3H3. The lowest BCUT2D eigenvalue weighted by Gasteiger charge is -2.19. The van der Waals surface area contributed by atoms with Crippen LogP contribution in [0, 0.1) is 0 Å². The van der Waals surface area contributed by atoms with Crippen LogP contribution >= 0.6 is 0 Å². The van der Waals surface area contributed by atoms with Crippen molar-refractivity contribution in [3.63, 3.8) is 0 Å². The molecular formula is C20H20N2. The quantitative estimate of drug-likeness (QED) is 0.655. The zero-order chi connectivity index (χ0) is 15.6. The highest BCUT2D eigenvalue weighted by atomic mass is 14.8. The first-order valence-electron chi connectivity index (χ1n) is 7.52. The highest BCUT2D eigenvalue weighted by Crippen LogP contribution is 2.28. The molecule has 0 spiro atoms. The molecule has 0 amide bonds. The van der Waals surface area contributed by atoms with Gasteiger partial charge in [0, 0.05) is 12.4 Å². The van der Waals surface area contributed by atoms with Crippen LogP contribution in [0.5, 0.6) is 0 Å². The van der Waals surface area contributed by atoms with Crippen molar-refractivity contribution in [2.45, 2.75) is 26.2 Å². The van der Waals surface area contributed by atoms with Gasteiger partial charge in [0.15, 0.2) is 0 Å². The monoisotopic (exact) mass is 288 g/mol. The zero-order valence-corrected chi connectivity index (χ0v) is 13.2. The number of rotatable bonds is 2. The lowest BCUT2D eigenvalue weighted by atomic mass is 9.85. The van der Waals surface area contributed by atoms with Gasteiger partial charge < -0.3 is 0 Å². The molecule has 0 fully saturated rings. The van der Waals surface area contributed by atoms with Gasteiger partial charge in [0.05, 0.1) is 11.4 Å². The van der Waals surface area contributed by atoms with Crippen LogP contribution in [0.1, 0.15) is 26.3 Å². The second-order valence-electron chi connectivity index (χ2n) is 6.48. The number of hydrogen-bond acceptors (Lipinski definition) is 2. The van der Waals surface area contributed by atoms with Crippen LogP contribution < -0.4 is 0 Å². The third kappa shape index (κ3) is 3.06. The summed E-state index contributed by atoms with van der Waals surface area (Å²) >= 11 is 0. The van der Waals surface area contributed by atoms with Gasteiger partial charge in [0.2, 0.25) is 0 Å². The lowest BCUT2D eigenvalue weighted by molar-refractivity contribution is 0.590. The number of pyridine rings is 2. The van der Waals surface area contributed by atoms with Crippen LogP contribution in [0.3, 0.4) is 0 Å². The molecule has 0 bridgehead atoms. The van der Waals surface area contributed by atoms with Crippen LogP contribution in [0.4, 0.5) is 0 Å². The first-order chi connectivity index (χ1) is 10.5. The molecule has 2 heteroatoms. The molecule has 22 heavy (non-hydrogen) atoms. The van der Waals surface area contributed by atoms with Crippen molar-refractivity contribution >= 4 is 0 Å². The number of benzene rings is 1. The summed E-state index contributed by atoms with van der Waals surface area (Å²) in [5.41, 5.74) is 5.66. The predicted octanol–water partition coefficient (Wildman–Crippen LogP) is 5.11. The van der Waals surface area contributed by atoms with Gasteiger partial charge in [0.1, 0.15) is 0 Å². The van der Waals surface area contributed by atoms with Crippen molar-refractivity contribution in [3.8, 4) is 22.5 Å². The van der Waals surface area contributed by atoms with Gasteiger partial charge in [-0.3, -0.25) is 9.97 Å². The Balaban J connectivity index is 2.03. The first kappa shape index (κ1) is 14.5. The molecule has 0 N–H and O–H groups in total. The highest BCUT2D eigenvalue weighted by Gasteiger charge is 2.14. The van der Waals surface area contributed by atoms with Gasteiger partial charge in [-0.25, -0.2) is 0 Å². The van der Waals surface area contributed by atoms with Crippen LogP contribution in [0.15, 0.2) is 67.0 Å². The predicted molar refractivity (Wildman–Crippen MR) is 91.6 cm³/mol. The van der Waals surface area contributed by atoms with E-state index in [1.54, 1.807) is 6.20 Å². The molecule has 2 nitrogen and oxygen atoms in total. The van der Waals surface area contributed by atoms with E-state index >= 15 is 0 Å².